The molecule has 0 saturated carbocycles. The van der Waals surface area contributed by atoms with E-state index in [2.05, 4.69) is 29.6 Å². The van der Waals surface area contributed by atoms with Crippen molar-refractivity contribution in [3.63, 3.8) is 0 Å². The van der Waals surface area contributed by atoms with Gasteiger partial charge in [-0.1, -0.05) is 30.4 Å². The van der Waals surface area contributed by atoms with Crippen molar-refractivity contribution in [2.45, 2.75) is 33.2 Å². The Labute approximate surface area is 86.1 Å². The van der Waals surface area contributed by atoms with Crippen molar-refractivity contribution >= 4 is 5.71 Å². The highest BCUT2D eigenvalue weighted by molar-refractivity contribution is 6.03. The predicted octanol–water partition coefficient (Wildman–Crippen LogP) is 2.80. The lowest BCUT2D eigenvalue weighted by molar-refractivity contribution is 0.636. The van der Waals surface area contributed by atoms with E-state index in [4.69, 9.17) is 0 Å². The van der Waals surface area contributed by atoms with E-state index in [1.54, 1.807) is 0 Å². The minimum Gasteiger partial charge on any atom is -0.307 e. The largest absolute Gasteiger partial charge is 0.307 e. The van der Waals surface area contributed by atoms with Crippen molar-refractivity contribution in [2.24, 2.45) is 5.10 Å². The Kier molecular flexibility index (Phi) is 4.17. The molecule has 0 fully saturated rings. The van der Waals surface area contributed by atoms with Gasteiger partial charge in [-0.25, -0.2) is 0 Å². The fourth-order valence-electron chi connectivity index (χ4n) is 1.38. The lowest BCUT2D eigenvalue weighted by atomic mass is 10.0. The van der Waals surface area contributed by atoms with Gasteiger partial charge in [0.05, 0.1) is 5.71 Å². The van der Waals surface area contributed by atoms with Crippen LogP contribution in [0.3, 0.4) is 0 Å². The zero-order chi connectivity index (χ0) is 10.4. The Hall–Kier alpha value is -1.31. The molecule has 0 spiro atoms. The maximum Gasteiger partial charge on any atom is 0.0696 e. The molecule has 0 saturated heterocycles. The highest BCUT2D eigenvalue weighted by Gasteiger charge is 2.14. The van der Waals surface area contributed by atoms with Gasteiger partial charge in [0.15, 0.2) is 0 Å². The molecule has 1 heterocycles. The van der Waals surface area contributed by atoms with Crippen LogP contribution in [0.2, 0.25) is 0 Å². The molecular weight excluding hydrogens is 172 g/mol. The number of rotatable bonds is 3. The first-order valence-corrected chi connectivity index (χ1v) is 5.06. The van der Waals surface area contributed by atoms with Gasteiger partial charge >= 0.3 is 0 Å². The Morgan fingerprint density at radius 1 is 1.43 bits per heavy atom. The lowest BCUT2D eigenvalue weighted by Crippen LogP contribution is -2.13. The van der Waals surface area contributed by atoms with Crippen molar-refractivity contribution in [2.75, 3.05) is 0 Å². The third kappa shape index (κ3) is 2.87. The first kappa shape index (κ1) is 10.8. The van der Waals surface area contributed by atoms with Crippen LogP contribution in [0.5, 0.6) is 0 Å². The monoisotopic (exact) mass is 190 g/mol. The Balaban J connectivity index is 2.78. The van der Waals surface area contributed by atoms with E-state index in [9.17, 15) is 0 Å². The molecule has 2 nitrogen and oxygen atoms in total. The van der Waals surface area contributed by atoms with Gasteiger partial charge < -0.3 is 5.43 Å². The number of allylic oxidation sites excluding steroid dienone is 6. The van der Waals surface area contributed by atoms with Crippen LogP contribution in [-0.4, -0.2) is 11.8 Å². The molecular formula is C12H18N2. The van der Waals surface area contributed by atoms with Crippen LogP contribution in [0.15, 0.2) is 41.1 Å². The van der Waals surface area contributed by atoms with Gasteiger partial charge in [-0.3, -0.25) is 0 Å². The van der Waals surface area contributed by atoms with Gasteiger partial charge in [-0.15, -0.1) is 0 Å². The average molecular weight is 190 g/mol. The van der Waals surface area contributed by atoms with Gasteiger partial charge in [0.25, 0.3) is 0 Å². The normalized spacial score (nSPS) is 23.2. The Morgan fingerprint density at radius 2 is 2.21 bits per heavy atom. The van der Waals surface area contributed by atoms with Crippen molar-refractivity contribution in [3.05, 3.63) is 36.0 Å². The van der Waals surface area contributed by atoms with Gasteiger partial charge in [0, 0.05) is 12.5 Å². The quantitative estimate of drug-likeness (QED) is 0.680. The molecule has 0 aromatic heterocycles. The van der Waals surface area contributed by atoms with Crippen LogP contribution in [0.25, 0.3) is 0 Å². The first-order valence-electron chi connectivity index (χ1n) is 5.06. The predicted molar refractivity (Wildman–Crippen MR) is 62.4 cm³/mol. The maximum absolute atomic E-state index is 4.30. The number of nitrogens with zero attached hydrogens (tertiary/aromatic N) is 1. The fraction of sp³-hybridized carbons (Fsp3) is 0.417. The maximum atomic E-state index is 4.30. The standard InChI is InChI=1S/C12H18N2/c1-4-6-8-11(7-5-2)12-9-10(3)13-14-12/h4-8,10,13H,9H2,1-3H3/b6-4+,7-5-,11-8+. The van der Waals surface area contributed by atoms with Crippen molar-refractivity contribution in [1.29, 1.82) is 0 Å². The second-order valence-corrected chi connectivity index (χ2v) is 3.44. The van der Waals surface area contributed by atoms with Crippen LogP contribution >= 0.6 is 0 Å². The molecule has 0 bridgehead atoms. The summed E-state index contributed by atoms with van der Waals surface area (Å²) in [7, 11) is 0. The molecule has 76 valence electrons. The van der Waals surface area contributed by atoms with Crippen molar-refractivity contribution < 1.29 is 0 Å². The first-order chi connectivity index (χ1) is 6.77. The van der Waals surface area contributed by atoms with Crippen LogP contribution in [0.4, 0.5) is 0 Å². The highest BCUT2D eigenvalue weighted by atomic mass is 15.3. The Bertz CT molecular complexity index is 295. The van der Waals surface area contributed by atoms with Gasteiger partial charge in [0.1, 0.15) is 0 Å². The molecule has 1 N–H and O–H groups in total. The zero-order valence-electron chi connectivity index (χ0n) is 9.12. The van der Waals surface area contributed by atoms with E-state index < -0.39 is 0 Å². The summed E-state index contributed by atoms with van der Waals surface area (Å²) in [6, 6.07) is 0.462. The van der Waals surface area contributed by atoms with Crippen molar-refractivity contribution in [3.8, 4) is 0 Å². The van der Waals surface area contributed by atoms with Crippen LogP contribution < -0.4 is 5.43 Å². The number of hydrogen-bond acceptors (Lipinski definition) is 2. The third-order valence-corrected chi connectivity index (χ3v) is 2.07. The minimum absolute atomic E-state index is 0.462. The molecule has 0 radical (unpaired) electrons. The summed E-state index contributed by atoms with van der Waals surface area (Å²) in [5, 5.41) is 4.30. The summed E-state index contributed by atoms with van der Waals surface area (Å²) in [4.78, 5) is 0. The summed E-state index contributed by atoms with van der Waals surface area (Å²) in [6.45, 7) is 6.18. The van der Waals surface area contributed by atoms with E-state index in [0.29, 0.717) is 6.04 Å². The number of hydrazone groups is 1. The molecule has 1 aliphatic heterocycles. The van der Waals surface area contributed by atoms with E-state index in [1.165, 1.54) is 5.57 Å². The van der Waals surface area contributed by atoms with E-state index >= 15 is 0 Å². The number of nitrogens with one attached hydrogen (secondary N) is 1. The molecule has 0 aromatic rings. The molecule has 0 amide bonds. The Morgan fingerprint density at radius 3 is 2.71 bits per heavy atom. The van der Waals surface area contributed by atoms with Crippen molar-refractivity contribution in [1.82, 2.24) is 5.43 Å². The highest BCUT2D eigenvalue weighted by Crippen LogP contribution is 2.12. The van der Waals surface area contributed by atoms with E-state index in [1.807, 2.05) is 32.1 Å². The third-order valence-electron chi connectivity index (χ3n) is 2.07. The summed E-state index contributed by atoms with van der Waals surface area (Å²) < 4.78 is 0. The molecule has 2 heteroatoms. The van der Waals surface area contributed by atoms with E-state index in [0.717, 1.165) is 12.1 Å². The molecule has 0 aromatic carbocycles. The number of hydrogen-bond donors (Lipinski definition) is 1. The zero-order valence-corrected chi connectivity index (χ0v) is 9.12. The summed E-state index contributed by atoms with van der Waals surface area (Å²) in [5.41, 5.74) is 5.42. The van der Waals surface area contributed by atoms with Gasteiger partial charge in [-0.05, 0) is 26.3 Å². The molecule has 1 aliphatic rings. The second kappa shape index (κ2) is 5.43. The molecule has 1 rings (SSSR count). The SMILES string of the molecule is C\C=C/C(=C\C=C\C)C1=NNC(C)C1. The summed E-state index contributed by atoms with van der Waals surface area (Å²) >= 11 is 0. The van der Waals surface area contributed by atoms with Gasteiger partial charge in [0.2, 0.25) is 0 Å². The molecule has 14 heavy (non-hydrogen) atoms. The topological polar surface area (TPSA) is 24.4 Å². The summed E-state index contributed by atoms with van der Waals surface area (Å²) in [6.07, 6.45) is 11.3. The van der Waals surface area contributed by atoms with Crippen LogP contribution in [0, 0.1) is 0 Å². The van der Waals surface area contributed by atoms with Crippen LogP contribution in [0.1, 0.15) is 27.2 Å². The summed E-state index contributed by atoms with van der Waals surface area (Å²) in [5.74, 6) is 0. The smallest absolute Gasteiger partial charge is 0.0696 e. The van der Waals surface area contributed by atoms with E-state index in [-0.39, 0.29) is 0 Å². The fourth-order valence-corrected chi connectivity index (χ4v) is 1.38. The molecule has 1 atom stereocenters. The molecule has 0 aliphatic carbocycles. The minimum atomic E-state index is 0.462. The lowest BCUT2D eigenvalue weighted by Gasteiger charge is -2.00. The van der Waals surface area contributed by atoms with Gasteiger partial charge in [-0.2, -0.15) is 5.10 Å². The second-order valence-electron chi connectivity index (χ2n) is 3.44. The average Bonchev–Trinajstić information content (AvgIpc) is 2.59. The van der Waals surface area contributed by atoms with Crippen LogP contribution in [-0.2, 0) is 0 Å². The molecule has 1 unspecified atom stereocenters.